The smallest absolute Gasteiger partial charge is 0.332 e. The molecule has 0 atom stereocenters. The molecule has 0 aliphatic heterocycles. The number of aromatic nitrogens is 7. The van der Waals surface area contributed by atoms with Gasteiger partial charge in [0.1, 0.15) is 0 Å². The van der Waals surface area contributed by atoms with Crippen LogP contribution in [0.1, 0.15) is 5.82 Å². The van der Waals surface area contributed by atoms with Gasteiger partial charge < -0.3 is 15.2 Å². The molecule has 0 saturated carbocycles. The Morgan fingerprint density at radius 3 is 2.40 bits per heavy atom. The summed E-state index contributed by atoms with van der Waals surface area (Å²) in [4.78, 5) is 42.7. The third kappa shape index (κ3) is 2.71. The van der Waals surface area contributed by atoms with Crippen molar-refractivity contribution >= 4 is 34.7 Å². The molecule has 0 bridgehead atoms. The Labute approximate surface area is 146 Å². The van der Waals surface area contributed by atoms with E-state index >= 15 is 0 Å². The van der Waals surface area contributed by atoms with E-state index in [9.17, 15) is 9.59 Å². The van der Waals surface area contributed by atoms with E-state index in [1.165, 1.54) is 23.2 Å². The zero-order chi connectivity index (χ0) is 18.5. The van der Waals surface area contributed by atoms with Crippen LogP contribution in [-0.4, -0.2) is 47.7 Å². The zero-order valence-electron chi connectivity index (χ0n) is 14.1. The van der Waals surface area contributed by atoms with Crippen molar-refractivity contribution in [3.8, 4) is 0 Å². The molecule has 3 aromatic rings. The van der Waals surface area contributed by atoms with E-state index in [1.807, 2.05) is 0 Å². The molecular weight excluding hydrogens is 350 g/mol. The minimum atomic E-state index is -0.507. The number of hydrogen-bond acceptors (Lipinski definition) is 8. The van der Waals surface area contributed by atoms with E-state index in [4.69, 9.17) is 17.3 Å². The predicted octanol–water partition coefficient (Wildman–Crippen LogP) is -1.03. The predicted molar refractivity (Wildman–Crippen MR) is 92.9 cm³/mol. The van der Waals surface area contributed by atoms with Crippen molar-refractivity contribution in [1.82, 2.24) is 33.6 Å². The van der Waals surface area contributed by atoms with Gasteiger partial charge in [-0.1, -0.05) is 0 Å². The monoisotopic (exact) mass is 365 g/mol. The summed E-state index contributed by atoms with van der Waals surface area (Å²) in [5, 5.41) is 0.0405. The third-order valence-corrected chi connectivity index (χ3v) is 3.98. The van der Waals surface area contributed by atoms with Crippen molar-refractivity contribution in [3.05, 3.63) is 31.9 Å². The Bertz CT molecular complexity index is 1100. The fraction of sp³-hybridized carbons (Fsp3) is 0.385. The van der Waals surface area contributed by atoms with E-state index in [0.29, 0.717) is 11.8 Å². The van der Waals surface area contributed by atoms with Crippen LogP contribution in [0.2, 0.25) is 5.28 Å². The highest BCUT2D eigenvalue weighted by molar-refractivity contribution is 6.29. The Balaban J connectivity index is 2.23. The molecule has 0 saturated heterocycles. The molecule has 12 heteroatoms. The summed E-state index contributed by atoms with van der Waals surface area (Å²) in [6, 6.07) is 0. The summed E-state index contributed by atoms with van der Waals surface area (Å²) in [7, 11) is 6.44. The first kappa shape index (κ1) is 16.9. The number of nitrogens with two attached hydrogens (primary N) is 1. The number of hydrogen-bond donors (Lipinski definition) is 1. The number of fused-ring (bicyclic) bond motifs is 1. The number of rotatable bonds is 3. The van der Waals surface area contributed by atoms with Gasteiger partial charge in [-0.2, -0.15) is 19.9 Å². The molecule has 0 amide bonds. The Morgan fingerprint density at radius 1 is 1.08 bits per heavy atom. The van der Waals surface area contributed by atoms with Gasteiger partial charge in [0.25, 0.3) is 5.56 Å². The molecular formula is C13H16ClN9O2. The number of nitrogens with zero attached hydrogens (tertiary/aromatic N) is 8. The average molecular weight is 366 g/mol. The minimum absolute atomic E-state index is 0.0405. The Hall–Kier alpha value is -2.95. The zero-order valence-corrected chi connectivity index (χ0v) is 14.8. The Kier molecular flexibility index (Phi) is 3.95. The standard InChI is InChI=1S/C13H16ClN9O2/c1-20(2)12-17-6(16-11(15)19-12)5-23-7-8(18-10(23)14)21(3)13(25)22(4)9(7)24/h5H2,1-4H3,(H2,15,16,17,19). The van der Waals surface area contributed by atoms with Crippen molar-refractivity contribution in [1.29, 1.82) is 0 Å². The third-order valence-electron chi connectivity index (χ3n) is 3.69. The van der Waals surface area contributed by atoms with Gasteiger partial charge in [0.2, 0.25) is 17.2 Å². The fourth-order valence-corrected chi connectivity index (χ4v) is 2.63. The second kappa shape index (κ2) is 5.84. The van der Waals surface area contributed by atoms with Crippen LogP contribution in [0.25, 0.3) is 11.2 Å². The van der Waals surface area contributed by atoms with Gasteiger partial charge in [0.05, 0.1) is 6.54 Å². The molecule has 2 N–H and O–H groups in total. The second-order valence-electron chi connectivity index (χ2n) is 5.65. The summed E-state index contributed by atoms with van der Waals surface area (Å²) in [6.07, 6.45) is 0. The largest absolute Gasteiger partial charge is 0.368 e. The van der Waals surface area contributed by atoms with Gasteiger partial charge in [0, 0.05) is 28.2 Å². The lowest BCUT2D eigenvalue weighted by Crippen LogP contribution is -2.37. The van der Waals surface area contributed by atoms with E-state index < -0.39 is 11.2 Å². The van der Waals surface area contributed by atoms with E-state index in [2.05, 4.69) is 19.9 Å². The number of anilines is 2. The topological polar surface area (TPSA) is 130 Å². The number of halogens is 1. The van der Waals surface area contributed by atoms with E-state index in [0.717, 1.165) is 4.57 Å². The van der Waals surface area contributed by atoms with E-state index in [-0.39, 0.29) is 28.9 Å². The highest BCUT2D eigenvalue weighted by atomic mass is 35.5. The molecule has 11 nitrogen and oxygen atoms in total. The van der Waals surface area contributed by atoms with E-state index in [1.54, 1.807) is 19.0 Å². The van der Waals surface area contributed by atoms with Crippen LogP contribution in [0.3, 0.4) is 0 Å². The van der Waals surface area contributed by atoms with Crippen molar-refractivity contribution in [3.63, 3.8) is 0 Å². The maximum absolute atomic E-state index is 12.5. The molecule has 0 aliphatic carbocycles. The Morgan fingerprint density at radius 2 is 1.76 bits per heavy atom. The molecule has 132 valence electrons. The van der Waals surface area contributed by atoms with Crippen molar-refractivity contribution < 1.29 is 0 Å². The summed E-state index contributed by atoms with van der Waals surface area (Å²) in [6.45, 7) is 0.0519. The van der Waals surface area contributed by atoms with Crippen LogP contribution in [0, 0.1) is 0 Å². The van der Waals surface area contributed by atoms with Crippen molar-refractivity contribution in [2.75, 3.05) is 24.7 Å². The summed E-state index contributed by atoms with van der Waals surface area (Å²) < 4.78 is 3.68. The van der Waals surface area contributed by atoms with Gasteiger partial charge in [-0.25, -0.2) is 4.79 Å². The number of aryl methyl sites for hydroxylation is 1. The first-order valence-corrected chi connectivity index (χ1v) is 7.58. The average Bonchev–Trinajstić information content (AvgIpc) is 2.87. The lowest BCUT2D eigenvalue weighted by atomic mass is 10.4. The SMILES string of the molecule is CN(C)c1nc(N)nc(Cn2c(Cl)nc3c2c(=O)n(C)c(=O)n3C)n1. The molecule has 0 spiro atoms. The summed E-state index contributed by atoms with van der Waals surface area (Å²) >= 11 is 6.18. The first-order valence-electron chi connectivity index (χ1n) is 7.20. The highest BCUT2D eigenvalue weighted by Gasteiger charge is 2.19. The first-order chi connectivity index (χ1) is 11.7. The number of nitrogen functional groups attached to an aromatic ring is 1. The molecule has 3 rings (SSSR count). The van der Waals surface area contributed by atoms with Crippen LogP contribution >= 0.6 is 11.6 Å². The normalized spacial score (nSPS) is 11.2. The molecule has 0 unspecified atom stereocenters. The molecule has 0 aromatic carbocycles. The summed E-state index contributed by atoms with van der Waals surface area (Å²) in [5.41, 5.74) is 5.09. The molecule has 3 aromatic heterocycles. The van der Waals surface area contributed by atoms with Gasteiger partial charge in [-0.3, -0.25) is 13.9 Å². The maximum atomic E-state index is 12.5. The van der Waals surface area contributed by atoms with Crippen LogP contribution < -0.4 is 21.9 Å². The molecule has 3 heterocycles. The van der Waals surface area contributed by atoms with Gasteiger partial charge in [-0.15, -0.1) is 0 Å². The van der Waals surface area contributed by atoms with Gasteiger partial charge in [-0.05, 0) is 11.6 Å². The molecule has 0 radical (unpaired) electrons. The van der Waals surface area contributed by atoms with Crippen LogP contribution in [-0.2, 0) is 20.6 Å². The van der Waals surface area contributed by atoms with Crippen molar-refractivity contribution in [2.45, 2.75) is 6.54 Å². The highest BCUT2D eigenvalue weighted by Crippen LogP contribution is 2.17. The molecule has 25 heavy (non-hydrogen) atoms. The number of imidazole rings is 1. The maximum Gasteiger partial charge on any atom is 0.332 e. The quantitative estimate of drug-likeness (QED) is 0.583. The molecule has 0 aliphatic rings. The van der Waals surface area contributed by atoms with Crippen molar-refractivity contribution in [2.24, 2.45) is 14.1 Å². The summed E-state index contributed by atoms with van der Waals surface area (Å²) in [5.74, 6) is 0.742. The fourth-order valence-electron chi connectivity index (χ4n) is 2.40. The van der Waals surface area contributed by atoms with Crippen LogP contribution in [0.15, 0.2) is 9.59 Å². The lowest BCUT2D eigenvalue weighted by molar-refractivity contribution is 0.697. The second-order valence-corrected chi connectivity index (χ2v) is 5.99. The molecule has 0 fully saturated rings. The minimum Gasteiger partial charge on any atom is -0.368 e. The lowest BCUT2D eigenvalue weighted by Gasteiger charge is -2.12. The van der Waals surface area contributed by atoms with Crippen LogP contribution in [0.4, 0.5) is 11.9 Å². The van der Waals surface area contributed by atoms with Gasteiger partial charge >= 0.3 is 5.69 Å². The van der Waals surface area contributed by atoms with Gasteiger partial charge in [0.15, 0.2) is 17.0 Å². The van der Waals surface area contributed by atoms with Crippen LogP contribution in [0.5, 0.6) is 0 Å².